The number of carbonyl (C=O) groups is 1. The van der Waals surface area contributed by atoms with Crippen molar-refractivity contribution >= 4 is 22.9 Å². The number of ether oxygens (including phenoxy) is 2. The molecular formula is C27H31NO6. The zero-order valence-corrected chi connectivity index (χ0v) is 19.9. The van der Waals surface area contributed by atoms with Crippen molar-refractivity contribution in [2.45, 2.75) is 44.8 Å². The van der Waals surface area contributed by atoms with Crippen molar-refractivity contribution in [1.82, 2.24) is 4.98 Å². The molecule has 180 valence electrons. The third-order valence-corrected chi connectivity index (χ3v) is 5.58. The molecule has 3 aromatic rings. The van der Waals surface area contributed by atoms with Gasteiger partial charge in [0.2, 0.25) is 0 Å². The van der Waals surface area contributed by atoms with Crippen molar-refractivity contribution in [2.75, 3.05) is 14.2 Å². The number of aliphatic carboxylic acids is 1. The fraction of sp³-hybridized carbons (Fsp3) is 0.333. The number of rotatable bonds is 10. The number of methoxy groups -OCH3 is 2. The zero-order chi connectivity index (χ0) is 24.8. The van der Waals surface area contributed by atoms with Crippen molar-refractivity contribution in [3.05, 3.63) is 59.8 Å². The molecule has 2 unspecified atom stereocenters. The average Bonchev–Trinajstić information content (AvgIpc) is 2.80. The number of benzene rings is 2. The molecule has 0 amide bonds. The second-order valence-electron chi connectivity index (χ2n) is 8.44. The Morgan fingerprint density at radius 1 is 1.06 bits per heavy atom. The van der Waals surface area contributed by atoms with Crippen LogP contribution in [-0.2, 0) is 4.79 Å². The first-order valence-corrected chi connectivity index (χ1v) is 11.2. The Labute approximate surface area is 199 Å². The Hall–Kier alpha value is -3.42. The molecular weight excluding hydrogens is 434 g/mol. The van der Waals surface area contributed by atoms with Crippen LogP contribution in [0, 0.1) is 0 Å². The van der Waals surface area contributed by atoms with Crippen LogP contribution >= 0.6 is 0 Å². The van der Waals surface area contributed by atoms with Gasteiger partial charge in [-0.05, 0) is 17.5 Å². The average molecular weight is 466 g/mol. The molecule has 0 aliphatic carbocycles. The van der Waals surface area contributed by atoms with Gasteiger partial charge in [0, 0.05) is 29.0 Å². The first-order valence-electron chi connectivity index (χ1n) is 11.2. The third-order valence-electron chi connectivity index (χ3n) is 5.58. The lowest BCUT2D eigenvalue weighted by Gasteiger charge is -2.19. The topological polar surface area (TPSA) is 109 Å². The molecule has 0 fully saturated rings. The largest absolute Gasteiger partial charge is 0.493 e. The molecule has 0 spiro atoms. The van der Waals surface area contributed by atoms with Crippen LogP contribution in [0.3, 0.4) is 0 Å². The summed E-state index contributed by atoms with van der Waals surface area (Å²) in [7, 11) is 3.17. The molecule has 34 heavy (non-hydrogen) atoms. The van der Waals surface area contributed by atoms with E-state index in [-0.39, 0.29) is 12.3 Å². The summed E-state index contributed by atoms with van der Waals surface area (Å²) in [6.07, 6.45) is 0.732. The number of pyridine rings is 1. The van der Waals surface area contributed by atoms with E-state index < -0.39 is 24.6 Å². The van der Waals surface area contributed by atoms with Crippen LogP contribution in [0.1, 0.15) is 43.9 Å². The summed E-state index contributed by atoms with van der Waals surface area (Å²) in [5.74, 6) is 0.134. The van der Waals surface area contributed by atoms with E-state index in [1.165, 1.54) is 0 Å². The summed E-state index contributed by atoms with van der Waals surface area (Å²) >= 11 is 0. The van der Waals surface area contributed by atoms with Crippen molar-refractivity contribution in [3.63, 3.8) is 0 Å². The van der Waals surface area contributed by atoms with E-state index in [2.05, 4.69) is 0 Å². The number of fused-ring (bicyclic) bond motifs is 1. The maximum Gasteiger partial charge on any atom is 0.305 e. The Balaban J connectivity index is 2.22. The number of carboxylic acids is 1. The van der Waals surface area contributed by atoms with Crippen LogP contribution in [0.5, 0.6) is 11.5 Å². The van der Waals surface area contributed by atoms with Gasteiger partial charge in [0.15, 0.2) is 11.5 Å². The number of hydrogen-bond donors (Lipinski definition) is 3. The van der Waals surface area contributed by atoms with Crippen LogP contribution < -0.4 is 9.47 Å². The number of aliphatic hydroxyl groups is 2. The first kappa shape index (κ1) is 25.2. The fourth-order valence-electron chi connectivity index (χ4n) is 4.00. The highest BCUT2D eigenvalue weighted by Gasteiger charge is 2.20. The molecule has 0 radical (unpaired) electrons. The summed E-state index contributed by atoms with van der Waals surface area (Å²) in [4.78, 5) is 15.8. The van der Waals surface area contributed by atoms with Gasteiger partial charge in [-0.25, -0.2) is 0 Å². The molecule has 0 saturated heterocycles. The molecule has 1 aromatic heterocycles. The molecule has 2 atom stereocenters. The Morgan fingerprint density at radius 2 is 1.71 bits per heavy atom. The second kappa shape index (κ2) is 11.1. The van der Waals surface area contributed by atoms with E-state index in [0.29, 0.717) is 11.5 Å². The maximum absolute atomic E-state index is 10.8. The van der Waals surface area contributed by atoms with E-state index in [1.807, 2.05) is 56.3 Å². The van der Waals surface area contributed by atoms with Gasteiger partial charge in [-0.1, -0.05) is 56.3 Å². The minimum atomic E-state index is -1.14. The predicted octanol–water partition coefficient (Wildman–Crippen LogP) is 4.64. The van der Waals surface area contributed by atoms with Gasteiger partial charge < -0.3 is 24.8 Å². The smallest absolute Gasteiger partial charge is 0.305 e. The predicted molar refractivity (Wildman–Crippen MR) is 132 cm³/mol. The number of nitrogens with zero attached hydrogens (tertiary/aromatic N) is 1. The quantitative estimate of drug-likeness (QED) is 0.400. The van der Waals surface area contributed by atoms with E-state index in [4.69, 9.17) is 19.6 Å². The van der Waals surface area contributed by atoms with Gasteiger partial charge in [-0.3, -0.25) is 9.78 Å². The fourth-order valence-corrected chi connectivity index (χ4v) is 4.00. The molecule has 3 rings (SSSR count). The Kier molecular flexibility index (Phi) is 8.26. The molecule has 1 heterocycles. The van der Waals surface area contributed by atoms with Crippen molar-refractivity contribution in [3.8, 4) is 22.6 Å². The first-order chi connectivity index (χ1) is 16.2. The molecule has 7 nitrogen and oxygen atoms in total. The van der Waals surface area contributed by atoms with Gasteiger partial charge in [-0.2, -0.15) is 0 Å². The van der Waals surface area contributed by atoms with Crippen LogP contribution in [0.2, 0.25) is 0 Å². The number of hydrogen-bond acceptors (Lipinski definition) is 6. The minimum absolute atomic E-state index is 0.0769. The summed E-state index contributed by atoms with van der Waals surface area (Å²) in [6.45, 7) is 4.10. The maximum atomic E-state index is 10.8. The monoisotopic (exact) mass is 465 g/mol. The molecule has 7 heteroatoms. The van der Waals surface area contributed by atoms with E-state index in [1.54, 1.807) is 26.4 Å². The standard InChI is InChI=1S/C27H31NO6/c1-16(2)27-20(11-10-18(29)12-19(30)13-25(31)32)26(17-8-6-5-7-9-17)21-14-23(33-3)24(34-4)15-22(21)28-27/h5-11,14-16,18-19,29-30H,12-13H2,1-4H3,(H,31,32)/b11-10+. The minimum Gasteiger partial charge on any atom is -0.493 e. The molecule has 3 N–H and O–H groups in total. The number of aliphatic hydroxyl groups excluding tert-OH is 2. The van der Waals surface area contributed by atoms with E-state index in [9.17, 15) is 15.0 Å². The normalized spacial score (nSPS) is 13.4. The number of aromatic nitrogens is 1. The van der Waals surface area contributed by atoms with E-state index >= 15 is 0 Å². The lowest BCUT2D eigenvalue weighted by molar-refractivity contribution is -0.139. The highest BCUT2D eigenvalue weighted by atomic mass is 16.5. The molecule has 0 aliphatic rings. The summed E-state index contributed by atoms with van der Waals surface area (Å²) in [5.41, 5.74) is 4.35. The zero-order valence-electron chi connectivity index (χ0n) is 19.9. The van der Waals surface area contributed by atoms with Crippen LogP contribution in [-0.4, -0.2) is 52.7 Å². The molecule has 2 aromatic carbocycles. The summed E-state index contributed by atoms with van der Waals surface area (Å²) < 4.78 is 11.0. The van der Waals surface area contributed by atoms with Crippen LogP contribution in [0.15, 0.2) is 48.5 Å². The summed E-state index contributed by atoms with van der Waals surface area (Å²) in [5, 5.41) is 30.1. The van der Waals surface area contributed by atoms with Crippen LogP contribution in [0.25, 0.3) is 28.1 Å². The Morgan fingerprint density at radius 3 is 2.29 bits per heavy atom. The lowest BCUT2D eigenvalue weighted by atomic mass is 9.90. The highest BCUT2D eigenvalue weighted by Crippen LogP contribution is 2.41. The van der Waals surface area contributed by atoms with Crippen molar-refractivity contribution in [2.24, 2.45) is 0 Å². The van der Waals surface area contributed by atoms with Crippen molar-refractivity contribution in [1.29, 1.82) is 0 Å². The Bertz CT molecular complexity index is 1170. The van der Waals surface area contributed by atoms with E-state index in [0.717, 1.165) is 33.3 Å². The van der Waals surface area contributed by atoms with Gasteiger partial charge in [-0.15, -0.1) is 0 Å². The SMILES string of the molecule is COc1cc2nc(C(C)C)c(/C=C/C(O)CC(O)CC(=O)O)c(-c3ccccc3)c2cc1OC. The molecule has 0 aliphatic heterocycles. The molecule has 0 bridgehead atoms. The van der Waals surface area contributed by atoms with Crippen LogP contribution in [0.4, 0.5) is 0 Å². The van der Waals surface area contributed by atoms with Gasteiger partial charge in [0.25, 0.3) is 0 Å². The van der Waals surface area contributed by atoms with Gasteiger partial charge in [0.05, 0.1) is 44.1 Å². The summed E-state index contributed by atoms with van der Waals surface area (Å²) in [6, 6.07) is 13.7. The highest BCUT2D eigenvalue weighted by molar-refractivity contribution is 6.01. The lowest BCUT2D eigenvalue weighted by Crippen LogP contribution is -2.19. The van der Waals surface area contributed by atoms with Gasteiger partial charge >= 0.3 is 5.97 Å². The van der Waals surface area contributed by atoms with Crippen molar-refractivity contribution < 1.29 is 29.6 Å². The third kappa shape index (κ3) is 5.73. The number of carboxylic acid groups (broad SMARTS) is 1. The second-order valence-corrected chi connectivity index (χ2v) is 8.44. The molecule has 0 saturated carbocycles. The van der Waals surface area contributed by atoms with Gasteiger partial charge in [0.1, 0.15) is 0 Å².